The number of benzene rings is 2. The Kier molecular flexibility index (Phi) is 3.72. The second kappa shape index (κ2) is 5.84. The topological polar surface area (TPSA) is 87.2 Å². The normalized spacial score (nSPS) is 10.5. The summed E-state index contributed by atoms with van der Waals surface area (Å²) in [7, 11) is 1.61. The first-order valence-electron chi connectivity index (χ1n) is 6.90. The van der Waals surface area contributed by atoms with Gasteiger partial charge in [0.15, 0.2) is 0 Å². The number of carboxylic acid groups (broad SMARTS) is 1. The van der Waals surface area contributed by atoms with Crippen LogP contribution in [-0.2, 0) is 0 Å². The summed E-state index contributed by atoms with van der Waals surface area (Å²) in [6.45, 7) is 3.99. The summed E-state index contributed by atoms with van der Waals surface area (Å²) in [5, 5.41) is 20.1. The molecule has 1 aromatic heterocycles. The minimum absolute atomic E-state index is 0.206. The van der Waals surface area contributed by atoms with Crippen LogP contribution in [0.4, 0.5) is 5.69 Å². The highest BCUT2D eigenvalue weighted by Crippen LogP contribution is 2.25. The average molecular weight is 309 g/mol. The van der Waals surface area contributed by atoms with Gasteiger partial charge in [0, 0.05) is 11.1 Å². The maximum Gasteiger partial charge on any atom is 0.335 e. The van der Waals surface area contributed by atoms with E-state index in [9.17, 15) is 4.79 Å². The van der Waals surface area contributed by atoms with Crippen molar-refractivity contribution in [3.63, 3.8) is 0 Å². The van der Waals surface area contributed by atoms with Crippen LogP contribution in [0.1, 0.15) is 16.1 Å². The Labute approximate surface area is 132 Å². The molecule has 0 bridgehead atoms. The SMILES string of the molecule is C=C(Nc1ccc(OC)cc1)c1n[nH]c2ccc(C(=O)O)cc12. The first-order valence-corrected chi connectivity index (χ1v) is 6.90. The number of hydrogen-bond acceptors (Lipinski definition) is 4. The van der Waals surface area contributed by atoms with Crippen LogP contribution in [0.5, 0.6) is 5.75 Å². The van der Waals surface area contributed by atoms with Gasteiger partial charge < -0.3 is 15.2 Å². The van der Waals surface area contributed by atoms with Gasteiger partial charge in [0.25, 0.3) is 0 Å². The van der Waals surface area contributed by atoms with Gasteiger partial charge in [-0.1, -0.05) is 6.58 Å². The zero-order chi connectivity index (χ0) is 16.4. The summed E-state index contributed by atoms with van der Waals surface area (Å²) >= 11 is 0. The third kappa shape index (κ3) is 2.87. The predicted octanol–water partition coefficient (Wildman–Crippen LogP) is 3.35. The van der Waals surface area contributed by atoms with Gasteiger partial charge in [0.1, 0.15) is 11.4 Å². The van der Waals surface area contributed by atoms with Crippen LogP contribution in [0, 0.1) is 0 Å². The molecule has 0 amide bonds. The molecule has 116 valence electrons. The highest BCUT2D eigenvalue weighted by atomic mass is 16.5. The molecule has 0 aliphatic rings. The van der Waals surface area contributed by atoms with Crippen molar-refractivity contribution in [2.45, 2.75) is 0 Å². The van der Waals surface area contributed by atoms with Crippen molar-refractivity contribution in [2.75, 3.05) is 12.4 Å². The second-order valence-electron chi connectivity index (χ2n) is 4.97. The lowest BCUT2D eigenvalue weighted by Crippen LogP contribution is -1.99. The number of aromatic amines is 1. The van der Waals surface area contributed by atoms with Gasteiger partial charge in [0.05, 0.1) is 23.9 Å². The van der Waals surface area contributed by atoms with Gasteiger partial charge in [-0.2, -0.15) is 5.10 Å². The second-order valence-corrected chi connectivity index (χ2v) is 4.97. The third-order valence-corrected chi connectivity index (χ3v) is 3.48. The van der Waals surface area contributed by atoms with E-state index >= 15 is 0 Å². The number of carboxylic acids is 1. The number of methoxy groups -OCH3 is 1. The molecule has 0 unspecified atom stereocenters. The van der Waals surface area contributed by atoms with Gasteiger partial charge in [-0.05, 0) is 42.5 Å². The fraction of sp³-hybridized carbons (Fsp3) is 0.0588. The van der Waals surface area contributed by atoms with Crippen molar-refractivity contribution in [1.82, 2.24) is 10.2 Å². The third-order valence-electron chi connectivity index (χ3n) is 3.48. The van der Waals surface area contributed by atoms with Crippen molar-refractivity contribution in [3.05, 3.63) is 60.3 Å². The van der Waals surface area contributed by atoms with Gasteiger partial charge in [-0.15, -0.1) is 0 Å². The molecule has 6 nitrogen and oxygen atoms in total. The van der Waals surface area contributed by atoms with Crippen LogP contribution in [0.2, 0.25) is 0 Å². The Morgan fingerprint density at radius 3 is 2.65 bits per heavy atom. The van der Waals surface area contributed by atoms with Gasteiger partial charge >= 0.3 is 5.97 Å². The maximum atomic E-state index is 11.1. The summed E-state index contributed by atoms with van der Waals surface area (Å²) in [4.78, 5) is 11.1. The lowest BCUT2D eigenvalue weighted by Gasteiger charge is -2.08. The van der Waals surface area contributed by atoms with Gasteiger partial charge in [-0.3, -0.25) is 5.10 Å². The molecule has 0 aliphatic carbocycles. The van der Waals surface area contributed by atoms with Crippen LogP contribution < -0.4 is 10.1 Å². The quantitative estimate of drug-likeness (QED) is 0.672. The molecular weight excluding hydrogens is 294 g/mol. The van der Waals surface area contributed by atoms with E-state index in [1.807, 2.05) is 24.3 Å². The Bertz CT molecular complexity index is 882. The van der Waals surface area contributed by atoms with Crippen molar-refractivity contribution < 1.29 is 14.6 Å². The maximum absolute atomic E-state index is 11.1. The number of fused-ring (bicyclic) bond motifs is 1. The largest absolute Gasteiger partial charge is 0.497 e. The summed E-state index contributed by atoms with van der Waals surface area (Å²) in [5.74, 6) is -0.217. The lowest BCUT2D eigenvalue weighted by atomic mass is 10.1. The summed E-state index contributed by atoms with van der Waals surface area (Å²) in [6, 6.07) is 12.2. The molecular formula is C17H15N3O3. The van der Waals surface area contributed by atoms with Gasteiger partial charge in [0.2, 0.25) is 0 Å². The Hall–Kier alpha value is -3.28. The molecule has 0 aliphatic heterocycles. The number of nitrogens with one attached hydrogen (secondary N) is 2. The number of hydrogen-bond donors (Lipinski definition) is 3. The van der Waals surface area contributed by atoms with Crippen molar-refractivity contribution in [3.8, 4) is 5.75 Å². The van der Waals surface area contributed by atoms with E-state index < -0.39 is 5.97 Å². The molecule has 0 saturated heterocycles. The lowest BCUT2D eigenvalue weighted by molar-refractivity contribution is 0.0697. The van der Waals surface area contributed by atoms with E-state index in [0.717, 1.165) is 17.0 Å². The van der Waals surface area contributed by atoms with Crippen LogP contribution in [0.15, 0.2) is 49.0 Å². The van der Waals surface area contributed by atoms with Crippen LogP contribution in [0.25, 0.3) is 16.6 Å². The van der Waals surface area contributed by atoms with Crippen LogP contribution in [-0.4, -0.2) is 28.4 Å². The number of H-pyrrole nitrogens is 1. The number of anilines is 1. The van der Waals surface area contributed by atoms with E-state index in [-0.39, 0.29) is 5.56 Å². The Morgan fingerprint density at radius 2 is 2.00 bits per heavy atom. The summed E-state index contributed by atoms with van der Waals surface area (Å²) in [6.07, 6.45) is 0. The molecule has 0 fully saturated rings. The predicted molar refractivity (Wildman–Crippen MR) is 88.7 cm³/mol. The van der Waals surface area contributed by atoms with Crippen molar-refractivity contribution in [2.24, 2.45) is 0 Å². The molecule has 3 rings (SSSR count). The minimum Gasteiger partial charge on any atom is -0.497 e. The van der Waals surface area contributed by atoms with E-state index in [1.165, 1.54) is 6.07 Å². The monoisotopic (exact) mass is 309 g/mol. The highest BCUT2D eigenvalue weighted by molar-refractivity contribution is 5.98. The summed E-state index contributed by atoms with van der Waals surface area (Å²) < 4.78 is 5.12. The van der Waals surface area contributed by atoms with Gasteiger partial charge in [-0.25, -0.2) is 4.79 Å². The molecule has 3 aromatic rings. The van der Waals surface area contributed by atoms with E-state index in [0.29, 0.717) is 16.8 Å². The first-order chi connectivity index (χ1) is 11.1. The Morgan fingerprint density at radius 1 is 1.26 bits per heavy atom. The number of aromatic carboxylic acids is 1. The molecule has 1 heterocycles. The number of nitrogens with zero attached hydrogens (tertiary/aromatic N) is 1. The highest BCUT2D eigenvalue weighted by Gasteiger charge is 2.12. The standard InChI is InChI=1S/C17H15N3O3/c1-10(18-12-4-6-13(23-2)7-5-12)16-14-9-11(17(21)22)3-8-15(14)19-20-16/h3-9,18H,1H2,2H3,(H,19,20)(H,21,22). The summed E-state index contributed by atoms with van der Waals surface area (Å²) in [5.41, 5.74) is 2.95. The zero-order valence-electron chi connectivity index (χ0n) is 12.5. The molecule has 3 N–H and O–H groups in total. The first kappa shape index (κ1) is 14.6. The molecule has 2 aromatic carbocycles. The van der Waals surface area contributed by atoms with Crippen molar-refractivity contribution in [1.29, 1.82) is 0 Å². The number of rotatable bonds is 5. The van der Waals surface area contributed by atoms with E-state index in [1.54, 1.807) is 19.2 Å². The molecule has 0 spiro atoms. The molecule has 6 heteroatoms. The molecule has 0 atom stereocenters. The number of ether oxygens (including phenoxy) is 1. The molecule has 23 heavy (non-hydrogen) atoms. The minimum atomic E-state index is -0.979. The van der Waals surface area contributed by atoms with Crippen LogP contribution >= 0.6 is 0 Å². The number of aromatic nitrogens is 2. The fourth-order valence-corrected chi connectivity index (χ4v) is 2.28. The number of carbonyl (C=O) groups is 1. The van der Waals surface area contributed by atoms with E-state index in [4.69, 9.17) is 9.84 Å². The molecule has 0 saturated carbocycles. The van der Waals surface area contributed by atoms with Crippen molar-refractivity contribution >= 4 is 28.3 Å². The van der Waals surface area contributed by atoms with Crippen LogP contribution in [0.3, 0.4) is 0 Å². The fourth-order valence-electron chi connectivity index (χ4n) is 2.28. The smallest absolute Gasteiger partial charge is 0.335 e. The Balaban J connectivity index is 1.90. The zero-order valence-corrected chi connectivity index (χ0v) is 12.5. The van der Waals surface area contributed by atoms with E-state index in [2.05, 4.69) is 22.1 Å². The molecule has 0 radical (unpaired) electrons. The average Bonchev–Trinajstić information content (AvgIpc) is 2.98.